The van der Waals surface area contributed by atoms with Crippen LogP contribution in [0.15, 0.2) is 105 Å². The van der Waals surface area contributed by atoms with Crippen LogP contribution >= 0.6 is 0 Å². The molecular formula is C36H52N10. The van der Waals surface area contributed by atoms with Crippen molar-refractivity contribution in [1.82, 2.24) is 9.80 Å². The first kappa shape index (κ1) is 35.6. The second-order valence-electron chi connectivity index (χ2n) is 13.8. The molecule has 10 nitrogen and oxygen atoms in total. The lowest BCUT2D eigenvalue weighted by Gasteiger charge is -2.28. The van der Waals surface area contributed by atoms with Crippen LogP contribution in [0.1, 0.15) is 65.5 Å². The van der Waals surface area contributed by atoms with Crippen LogP contribution in [0.25, 0.3) is 0 Å². The monoisotopic (exact) mass is 624 g/mol. The quantitative estimate of drug-likeness (QED) is 0.158. The fourth-order valence-corrected chi connectivity index (χ4v) is 4.38. The first-order valence-corrected chi connectivity index (χ1v) is 15.7. The number of para-hydroxylation sites is 2. The smallest absolute Gasteiger partial charge is 0.223 e. The maximum Gasteiger partial charge on any atom is 0.223 e. The van der Waals surface area contributed by atoms with E-state index in [1.165, 1.54) is 0 Å². The number of benzene rings is 3. The van der Waals surface area contributed by atoms with E-state index >= 15 is 0 Å². The van der Waals surface area contributed by atoms with Crippen LogP contribution in [-0.4, -0.2) is 46.7 Å². The summed E-state index contributed by atoms with van der Waals surface area (Å²) in [7, 11) is 0. The highest BCUT2D eigenvalue weighted by Gasteiger charge is 2.18. The molecule has 0 heterocycles. The largest absolute Gasteiger partial charge is 0.369 e. The van der Waals surface area contributed by atoms with E-state index in [1.54, 1.807) is 0 Å². The van der Waals surface area contributed by atoms with Gasteiger partial charge in [-0.15, -0.1) is 0 Å². The Morgan fingerprint density at radius 3 is 1.15 bits per heavy atom. The van der Waals surface area contributed by atoms with Crippen molar-refractivity contribution >= 4 is 35.2 Å². The molecular weight excluding hydrogens is 572 g/mol. The highest BCUT2D eigenvalue weighted by atomic mass is 15.3. The summed E-state index contributed by atoms with van der Waals surface area (Å²) < 4.78 is 0. The maximum absolute atomic E-state index is 6.50. The number of hydrogen-bond acceptors (Lipinski definition) is 2. The van der Waals surface area contributed by atoms with Gasteiger partial charge in [0.1, 0.15) is 0 Å². The fraction of sp³-hybridized carbons (Fsp3) is 0.389. The Bertz CT molecular complexity index is 1370. The maximum atomic E-state index is 6.50. The fourth-order valence-electron chi connectivity index (χ4n) is 4.38. The third-order valence-corrected chi connectivity index (χ3v) is 7.14. The molecule has 0 bridgehead atoms. The summed E-state index contributed by atoms with van der Waals surface area (Å²) in [4.78, 5) is 21.7. The topological polar surface area (TPSA) is 160 Å². The number of nitrogens with two attached hydrogens (primary N) is 4. The van der Waals surface area contributed by atoms with Gasteiger partial charge in [-0.05, 0) is 59.1 Å². The van der Waals surface area contributed by atoms with E-state index in [1.807, 2.05) is 70.5 Å². The van der Waals surface area contributed by atoms with E-state index in [-0.39, 0.29) is 22.7 Å². The Balaban J connectivity index is 1.78. The van der Waals surface area contributed by atoms with Crippen LogP contribution in [0.5, 0.6) is 0 Å². The highest BCUT2D eigenvalue weighted by Crippen LogP contribution is 2.21. The SMILES string of the molecule is CC(C)(C)CCN(Cc1ccc(CN(CCC(C)(C)C)/C(N)=N/C(N)=Nc2ccccc2)cc1)/C(N)=N/C(N)=Nc1ccccc1. The van der Waals surface area contributed by atoms with Gasteiger partial charge < -0.3 is 32.7 Å². The van der Waals surface area contributed by atoms with Crippen LogP contribution in [-0.2, 0) is 13.1 Å². The minimum atomic E-state index is 0.115. The normalized spacial score (nSPS) is 13.5. The molecule has 0 aliphatic rings. The molecule has 0 unspecified atom stereocenters. The van der Waals surface area contributed by atoms with Crippen molar-refractivity contribution in [3.05, 3.63) is 96.1 Å². The summed E-state index contributed by atoms with van der Waals surface area (Å²) in [6.45, 7) is 15.8. The predicted octanol–water partition coefficient (Wildman–Crippen LogP) is 6.09. The Morgan fingerprint density at radius 1 is 0.522 bits per heavy atom. The van der Waals surface area contributed by atoms with Gasteiger partial charge in [0.25, 0.3) is 0 Å². The minimum absolute atomic E-state index is 0.115. The Morgan fingerprint density at radius 2 is 0.848 bits per heavy atom. The Hall–Kier alpha value is -4.86. The molecule has 0 radical (unpaired) electrons. The van der Waals surface area contributed by atoms with E-state index < -0.39 is 0 Å². The molecule has 0 aliphatic heterocycles. The molecule has 0 fully saturated rings. The second-order valence-corrected chi connectivity index (χ2v) is 13.8. The van der Waals surface area contributed by atoms with Crippen molar-refractivity contribution in [2.45, 2.75) is 67.5 Å². The number of hydrogen-bond donors (Lipinski definition) is 4. The molecule has 246 valence electrons. The minimum Gasteiger partial charge on any atom is -0.369 e. The molecule has 0 saturated heterocycles. The summed E-state index contributed by atoms with van der Waals surface area (Å²) in [5, 5.41) is 0. The van der Waals surface area contributed by atoms with Crippen LogP contribution < -0.4 is 22.9 Å². The van der Waals surface area contributed by atoms with E-state index in [0.717, 1.165) is 48.4 Å². The molecule has 10 heteroatoms. The van der Waals surface area contributed by atoms with Gasteiger partial charge in [0.15, 0.2) is 11.9 Å². The van der Waals surface area contributed by atoms with Crippen molar-refractivity contribution < 1.29 is 0 Å². The molecule has 0 aromatic heterocycles. The van der Waals surface area contributed by atoms with E-state index in [4.69, 9.17) is 22.9 Å². The van der Waals surface area contributed by atoms with Crippen molar-refractivity contribution in [3.63, 3.8) is 0 Å². The zero-order chi connectivity index (χ0) is 33.7. The van der Waals surface area contributed by atoms with Gasteiger partial charge in [-0.2, -0.15) is 9.98 Å². The summed E-state index contributed by atoms with van der Waals surface area (Å²) in [6, 6.07) is 27.4. The van der Waals surface area contributed by atoms with Crippen LogP contribution in [0.2, 0.25) is 0 Å². The molecule has 3 rings (SSSR count). The lowest BCUT2D eigenvalue weighted by atomic mass is 9.92. The van der Waals surface area contributed by atoms with Gasteiger partial charge in [0.2, 0.25) is 11.9 Å². The zero-order valence-corrected chi connectivity index (χ0v) is 28.3. The standard InChI is InChI=1S/C36H52N10/c1-35(2,3)21-23-45(33(39)43-31(37)41-29-13-9-7-10-14-29)25-27-17-19-28(20-18-27)26-46(24-22-36(4,5)6)34(40)44-32(38)42-30-15-11-8-12-16-30/h7-20H,21-26H2,1-6H3,(H4,37,39,41,43)(H4,38,40,42,44). The van der Waals surface area contributed by atoms with Crippen LogP contribution in [0.4, 0.5) is 11.4 Å². The second kappa shape index (κ2) is 16.5. The summed E-state index contributed by atoms with van der Waals surface area (Å²) in [5.41, 5.74) is 29.2. The average Bonchev–Trinajstić information content (AvgIpc) is 2.98. The predicted molar refractivity (Wildman–Crippen MR) is 194 cm³/mol. The molecule has 46 heavy (non-hydrogen) atoms. The molecule has 8 N–H and O–H groups in total. The van der Waals surface area contributed by atoms with E-state index in [9.17, 15) is 0 Å². The Kier molecular flexibility index (Phi) is 12.7. The summed E-state index contributed by atoms with van der Waals surface area (Å²) in [5.74, 6) is 0.892. The van der Waals surface area contributed by atoms with Gasteiger partial charge in [-0.25, -0.2) is 9.98 Å². The Labute approximate surface area is 275 Å². The molecule has 0 atom stereocenters. The van der Waals surface area contributed by atoms with E-state index in [0.29, 0.717) is 25.0 Å². The highest BCUT2D eigenvalue weighted by molar-refractivity contribution is 5.95. The first-order chi connectivity index (χ1) is 21.7. The van der Waals surface area contributed by atoms with E-state index in [2.05, 4.69) is 85.8 Å². The van der Waals surface area contributed by atoms with Crippen molar-refractivity contribution in [1.29, 1.82) is 0 Å². The van der Waals surface area contributed by atoms with Crippen molar-refractivity contribution in [2.24, 2.45) is 53.7 Å². The third kappa shape index (κ3) is 13.4. The third-order valence-electron chi connectivity index (χ3n) is 7.14. The number of guanidine groups is 4. The first-order valence-electron chi connectivity index (χ1n) is 15.7. The number of nitrogens with zero attached hydrogens (tertiary/aromatic N) is 6. The lowest BCUT2D eigenvalue weighted by molar-refractivity contribution is 0.299. The lowest BCUT2D eigenvalue weighted by Crippen LogP contribution is -2.40. The molecule has 0 aliphatic carbocycles. The molecule has 0 saturated carbocycles. The molecule has 0 amide bonds. The van der Waals surface area contributed by atoms with Crippen molar-refractivity contribution in [3.8, 4) is 0 Å². The molecule has 3 aromatic carbocycles. The average molecular weight is 625 g/mol. The van der Waals surface area contributed by atoms with Gasteiger partial charge in [-0.1, -0.05) is 102 Å². The number of rotatable bonds is 10. The zero-order valence-electron chi connectivity index (χ0n) is 28.3. The van der Waals surface area contributed by atoms with Gasteiger partial charge in [0.05, 0.1) is 11.4 Å². The number of aliphatic imine (C=N–C) groups is 4. The van der Waals surface area contributed by atoms with Gasteiger partial charge in [-0.3, -0.25) is 0 Å². The van der Waals surface area contributed by atoms with Crippen molar-refractivity contribution in [2.75, 3.05) is 13.1 Å². The van der Waals surface area contributed by atoms with Gasteiger partial charge >= 0.3 is 0 Å². The molecule has 3 aromatic rings. The van der Waals surface area contributed by atoms with Gasteiger partial charge in [0, 0.05) is 26.2 Å². The van der Waals surface area contributed by atoms with Crippen LogP contribution in [0, 0.1) is 10.8 Å². The molecule has 0 spiro atoms. The van der Waals surface area contributed by atoms with Crippen LogP contribution in [0.3, 0.4) is 0 Å². The summed E-state index contributed by atoms with van der Waals surface area (Å²) >= 11 is 0. The summed E-state index contributed by atoms with van der Waals surface area (Å²) in [6.07, 6.45) is 1.85.